The third-order valence-electron chi connectivity index (χ3n) is 3.86. The minimum atomic E-state index is -3.81. The van der Waals surface area contributed by atoms with Gasteiger partial charge in [-0.2, -0.15) is 0 Å². The summed E-state index contributed by atoms with van der Waals surface area (Å²) in [5, 5.41) is 7.74. The molecule has 0 radical (unpaired) electrons. The lowest BCUT2D eigenvalue weighted by molar-refractivity contribution is -0.116. The van der Waals surface area contributed by atoms with E-state index in [1.165, 1.54) is 30.3 Å². The number of halogens is 1. The summed E-state index contributed by atoms with van der Waals surface area (Å²) in [6, 6.07) is 12.2. The Morgan fingerprint density at radius 2 is 1.85 bits per heavy atom. The molecular weight excluding hydrogens is 357 g/mol. The summed E-state index contributed by atoms with van der Waals surface area (Å²) >= 11 is 0. The number of nitrogens with zero attached hydrogens (tertiary/aromatic N) is 1. The third kappa shape index (κ3) is 6.55. The summed E-state index contributed by atoms with van der Waals surface area (Å²) in [4.78, 5) is 14.0. The molecule has 8 heteroatoms. The topological polar surface area (TPSA) is 92.5 Å². The first-order valence-electron chi connectivity index (χ1n) is 8.10. The van der Waals surface area contributed by atoms with E-state index < -0.39 is 10.0 Å². The minimum Gasteiger partial charge on any atom is -0.326 e. The number of anilines is 1. The van der Waals surface area contributed by atoms with Crippen LogP contribution in [0.15, 0.2) is 53.4 Å². The van der Waals surface area contributed by atoms with E-state index >= 15 is 0 Å². The number of benzene rings is 2. The van der Waals surface area contributed by atoms with Crippen molar-refractivity contribution in [3.8, 4) is 0 Å². The Balaban J connectivity index is 1.78. The summed E-state index contributed by atoms with van der Waals surface area (Å²) in [6.07, 6.45) is 1.02. The van der Waals surface area contributed by atoms with Crippen LogP contribution < -0.4 is 10.5 Å². The maximum absolute atomic E-state index is 12.9. The second-order valence-electron chi connectivity index (χ2n) is 6.05. The van der Waals surface area contributed by atoms with Gasteiger partial charge in [-0.1, -0.05) is 18.2 Å². The molecule has 3 N–H and O–H groups in total. The third-order valence-corrected chi connectivity index (χ3v) is 4.77. The van der Waals surface area contributed by atoms with Gasteiger partial charge in [0, 0.05) is 25.2 Å². The van der Waals surface area contributed by atoms with Crippen molar-refractivity contribution in [3.63, 3.8) is 0 Å². The van der Waals surface area contributed by atoms with Crippen molar-refractivity contribution in [3.05, 3.63) is 59.9 Å². The van der Waals surface area contributed by atoms with Gasteiger partial charge in [0.05, 0.1) is 4.90 Å². The first kappa shape index (κ1) is 20.0. The van der Waals surface area contributed by atoms with Crippen molar-refractivity contribution in [2.24, 2.45) is 5.14 Å². The van der Waals surface area contributed by atoms with Crippen LogP contribution in [0.2, 0.25) is 0 Å². The van der Waals surface area contributed by atoms with Crippen LogP contribution in [-0.4, -0.2) is 39.4 Å². The summed E-state index contributed by atoms with van der Waals surface area (Å²) in [5.41, 5.74) is 1.41. The Kier molecular flexibility index (Phi) is 6.84. The highest BCUT2D eigenvalue weighted by Gasteiger charge is 2.10. The molecule has 0 heterocycles. The van der Waals surface area contributed by atoms with Crippen molar-refractivity contribution in [1.29, 1.82) is 0 Å². The fraction of sp³-hybridized carbons (Fsp3) is 0.278. The molecule has 0 saturated heterocycles. The quantitative estimate of drug-likeness (QED) is 0.733. The molecular formula is C18H22FN3O3S. The van der Waals surface area contributed by atoms with Gasteiger partial charge < -0.3 is 10.2 Å². The lowest BCUT2D eigenvalue weighted by Crippen LogP contribution is -2.26. The molecule has 0 aliphatic carbocycles. The summed E-state index contributed by atoms with van der Waals surface area (Å²) in [6.45, 7) is 1.28. The molecule has 1 amide bonds. The van der Waals surface area contributed by atoms with Crippen LogP contribution in [0.1, 0.15) is 12.0 Å². The van der Waals surface area contributed by atoms with Crippen LogP contribution in [0.4, 0.5) is 10.1 Å². The molecule has 0 saturated carbocycles. The zero-order chi connectivity index (χ0) is 19.2. The van der Waals surface area contributed by atoms with E-state index in [0.717, 1.165) is 18.5 Å². The van der Waals surface area contributed by atoms with Crippen molar-refractivity contribution >= 4 is 21.6 Å². The second kappa shape index (κ2) is 8.88. The number of sulfonamides is 1. The van der Waals surface area contributed by atoms with Gasteiger partial charge in [0.1, 0.15) is 5.82 Å². The average molecular weight is 379 g/mol. The van der Waals surface area contributed by atoms with Gasteiger partial charge in [0.2, 0.25) is 15.9 Å². The number of amides is 1. The van der Waals surface area contributed by atoms with Gasteiger partial charge in [-0.05, 0) is 49.4 Å². The molecule has 0 fully saturated rings. The first-order chi connectivity index (χ1) is 12.2. The van der Waals surface area contributed by atoms with E-state index in [1.807, 2.05) is 11.9 Å². The number of rotatable bonds is 8. The Hall–Kier alpha value is -2.29. The lowest BCUT2D eigenvalue weighted by atomic mass is 10.1. The largest absolute Gasteiger partial charge is 0.326 e. The van der Waals surface area contributed by atoms with Crippen LogP contribution in [0.25, 0.3) is 0 Å². The fourth-order valence-electron chi connectivity index (χ4n) is 2.35. The molecule has 0 bridgehead atoms. The van der Waals surface area contributed by atoms with Crippen LogP contribution >= 0.6 is 0 Å². The zero-order valence-corrected chi connectivity index (χ0v) is 15.3. The monoisotopic (exact) mass is 379 g/mol. The van der Waals surface area contributed by atoms with E-state index in [-0.39, 0.29) is 23.0 Å². The number of nitrogens with two attached hydrogens (primary N) is 1. The number of nitrogens with one attached hydrogen (secondary N) is 1. The molecule has 2 rings (SSSR count). The van der Waals surface area contributed by atoms with Crippen LogP contribution in [-0.2, 0) is 21.2 Å². The molecule has 2 aromatic rings. The van der Waals surface area contributed by atoms with Gasteiger partial charge in [0.25, 0.3) is 0 Å². The molecule has 26 heavy (non-hydrogen) atoms. The number of likely N-dealkylation sites (N-methyl/N-ethyl adjacent to an activating group) is 1. The number of hydrogen-bond acceptors (Lipinski definition) is 4. The predicted octanol–water partition coefficient (Wildman–Crippen LogP) is 1.98. The van der Waals surface area contributed by atoms with Gasteiger partial charge in [0.15, 0.2) is 0 Å². The average Bonchev–Trinajstić information content (AvgIpc) is 2.59. The Morgan fingerprint density at radius 3 is 2.50 bits per heavy atom. The Bertz CT molecular complexity index is 854. The summed E-state index contributed by atoms with van der Waals surface area (Å²) in [5.74, 6) is -0.476. The highest BCUT2D eigenvalue weighted by atomic mass is 32.2. The van der Waals surface area contributed by atoms with Gasteiger partial charge in [-0.3, -0.25) is 4.79 Å². The van der Waals surface area contributed by atoms with Crippen molar-refractivity contribution in [2.45, 2.75) is 17.7 Å². The number of carbonyl (C=O) groups is 1. The van der Waals surface area contributed by atoms with E-state index in [0.29, 0.717) is 12.2 Å². The molecule has 0 atom stereocenters. The summed E-state index contributed by atoms with van der Waals surface area (Å²) < 4.78 is 35.5. The van der Waals surface area contributed by atoms with Gasteiger partial charge in [-0.15, -0.1) is 0 Å². The summed E-state index contributed by atoms with van der Waals surface area (Å²) in [7, 11) is -1.91. The lowest BCUT2D eigenvalue weighted by Gasteiger charge is -2.16. The molecule has 0 unspecified atom stereocenters. The second-order valence-corrected chi connectivity index (χ2v) is 7.61. The maximum Gasteiger partial charge on any atom is 0.238 e. The molecule has 140 valence electrons. The van der Waals surface area contributed by atoms with Crippen molar-refractivity contribution < 1.29 is 17.6 Å². The normalized spacial score (nSPS) is 11.5. The van der Waals surface area contributed by atoms with Crippen molar-refractivity contribution in [2.75, 3.05) is 25.5 Å². The fourth-order valence-corrected chi connectivity index (χ4v) is 2.91. The molecule has 0 spiro atoms. The van der Waals surface area contributed by atoms with E-state index in [9.17, 15) is 17.6 Å². The maximum atomic E-state index is 12.9. The van der Waals surface area contributed by atoms with Crippen LogP contribution in [0, 0.1) is 5.82 Å². The van der Waals surface area contributed by atoms with Crippen molar-refractivity contribution in [1.82, 2.24) is 4.90 Å². The molecule has 6 nitrogen and oxygen atoms in total. The van der Waals surface area contributed by atoms with E-state index in [4.69, 9.17) is 5.14 Å². The van der Waals surface area contributed by atoms with E-state index in [2.05, 4.69) is 5.32 Å². The number of carbonyl (C=O) groups excluding carboxylic acids is 1. The molecule has 0 aliphatic heterocycles. The molecule has 2 aromatic carbocycles. The highest BCUT2D eigenvalue weighted by molar-refractivity contribution is 7.89. The van der Waals surface area contributed by atoms with Gasteiger partial charge in [-0.25, -0.2) is 17.9 Å². The standard InChI is InChI=1S/C18H22FN3O3S/c1-22(11-9-14-5-7-15(19)8-6-14)12-10-18(23)21-16-3-2-4-17(13-16)26(20,24)25/h2-8,13H,9-12H2,1H3,(H,21,23)(H2,20,24,25). The SMILES string of the molecule is CN(CCC(=O)Nc1cccc(S(N)(=O)=O)c1)CCc1ccc(F)cc1. The predicted molar refractivity (Wildman–Crippen MR) is 98.7 cm³/mol. The first-order valence-corrected chi connectivity index (χ1v) is 9.64. The van der Waals surface area contributed by atoms with Crippen LogP contribution in [0.3, 0.4) is 0 Å². The number of hydrogen-bond donors (Lipinski definition) is 2. The van der Waals surface area contributed by atoms with E-state index in [1.54, 1.807) is 18.2 Å². The van der Waals surface area contributed by atoms with Gasteiger partial charge >= 0.3 is 0 Å². The Morgan fingerprint density at radius 1 is 1.15 bits per heavy atom. The minimum absolute atomic E-state index is 0.0493. The van der Waals surface area contributed by atoms with Crippen LogP contribution in [0.5, 0.6) is 0 Å². The smallest absolute Gasteiger partial charge is 0.238 e. The molecule has 0 aromatic heterocycles. The highest BCUT2D eigenvalue weighted by Crippen LogP contribution is 2.14. The molecule has 0 aliphatic rings. The zero-order valence-electron chi connectivity index (χ0n) is 14.5. The number of primary sulfonamides is 1. The Labute approximate surface area is 152 Å².